The van der Waals surface area contributed by atoms with Gasteiger partial charge >= 0.3 is 6.18 Å². The first-order chi connectivity index (χ1) is 15.2. The highest BCUT2D eigenvalue weighted by Gasteiger charge is 2.46. The number of hydrogen-bond donors (Lipinski definition) is 2. The van der Waals surface area contributed by atoms with Gasteiger partial charge in [0.2, 0.25) is 0 Å². The Bertz CT molecular complexity index is 1160. The molecule has 168 valence electrons. The maximum absolute atomic E-state index is 13.8. The van der Waals surface area contributed by atoms with E-state index in [1.165, 1.54) is 7.11 Å². The van der Waals surface area contributed by atoms with Crippen LogP contribution in [0, 0.1) is 11.6 Å². The quantitative estimate of drug-likeness (QED) is 0.542. The Morgan fingerprint density at radius 1 is 1.19 bits per heavy atom. The van der Waals surface area contributed by atoms with Crippen molar-refractivity contribution >= 4 is 17.4 Å². The van der Waals surface area contributed by atoms with Crippen LogP contribution in [0.3, 0.4) is 0 Å². The van der Waals surface area contributed by atoms with Crippen LogP contribution in [-0.2, 0) is 0 Å². The van der Waals surface area contributed by atoms with Crippen LogP contribution in [0.2, 0.25) is 0 Å². The summed E-state index contributed by atoms with van der Waals surface area (Å²) in [4.78, 5) is 12.5. The highest BCUT2D eigenvalue weighted by atomic mass is 19.4. The van der Waals surface area contributed by atoms with Crippen LogP contribution in [0.4, 0.5) is 33.5 Å². The van der Waals surface area contributed by atoms with Crippen molar-refractivity contribution in [2.75, 3.05) is 17.7 Å². The largest absolute Gasteiger partial charge is 0.497 e. The molecule has 4 rings (SSSR count). The number of nitrogens with one attached hydrogen (secondary N) is 2. The molecule has 32 heavy (non-hydrogen) atoms. The first-order valence-corrected chi connectivity index (χ1v) is 9.49. The van der Waals surface area contributed by atoms with Gasteiger partial charge in [0, 0.05) is 18.6 Å². The predicted octanol–water partition coefficient (Wildman–Crippen LogP) is 5.08. The van der Waals surface area contributed by atoms with Crippen molar-refractivity contribution in [3.63, 3.8) is 0 Å². The number of amides is 1. The van der Waals surface area contributed by atoms with Crippen LogP contribution in [0.25, 0.3) is 0 Å². The van der Waals surface area contributed by atoms with E-state index in [4.69, 9.17) is 4.74 Å². The maximum Gasteiger partial charge on any atom is 0.410 e. The molecule has 2 aromatic carbocycles. The summed E-state index contributed by atoms with van der Waals surface area (Å²) in [6, 6.07) is 7.62. The van der Waals surface area contributed by atoms with E-state index >= 15 is 0 Å². The molecule has 0 saturated carbocycles. The van der Waals surface area contributed by atoms with E-state index in [1.807, 2.05) is 0 Å². The fourth-order valence-electron chi connectivity index (χ4n) is 3.54. The number of fused-ring (bicyclic) bond motifs is 1. The van der Waals surface area contributed by atoms with Gasteiger partial charge in [-0.05, 0) is 29.8 Å². The zero-order chi connectivity index (χ0) is 23.0. The van der Waals surface area contributed by atoms with E-state index in [1.54, 1.807) is 24.3 Å². The second kappa shape index (κ2) is 8.13. The Morgan fingerprint density at radius 3 is 2.66 bits per heavy atom. The number of ether oxygens (including phenoxy) is 1. The third-order valence-corrected chi connectivity index (χ3v) is 5.10. The summed E-state index contributed by atoms with van der Waals surface area (Å²) in [5.41, 5.74) is -0.0980. The molecular weight excluding hydrogens is 435 g/mol. The number of anilines is 2. The number of carbonyl (C=O) groups excluding carboxylic acids is 1. The van der Waals surface area contributed by atoms with Crippen LogP contribution >= 0.6 is 0 Å². The maximum atomic E-state index is 13.8. The van der Waals surface area contributed by atoms with Crippen molar-refractivity contribution in [3.8, 4) is 5.75 Å². The topological polar surface area (TPSA) is 68.2 Å². The SMILES string of the molecule is COc1cccc([C@@H]2C[C@H](C(F)(F)F)n3nc(C(=O)Nc4ccc(F)cc4F)cc3N2)c1. The van der Waals surface area contributed by atoms with Crippen LogP contribution in [0.1, 0.15) is 34.6 Å². The van der Waals surface area contributed by atoms with Crippen molar-refractivity contribution in [1.29, 1.82) is 0 Å². The fourth-order valence-corrected chi connectivity index (χ4v) is 3.54. The number of alkyl halides is 3. The Hall–Kier alpha value is -3.63. The molecule has 0 radical (unpaired) electrons. The molecule has 6 nitrogen and oxygen atoms in total. The summed E-state index contributed by atoms with van der Waals surface area (Å²) >= 11 is 0. The molecule has 11 heteroatoms. The Balaban J connectivity index is 1.65. The van der Waals surface area contributed by atoms with Gasteiger partial charge in [-0.15, -0.1) is 0 Å². The number of carbonyl (C=O) groups is 1. The van der Waals surface area contributed by atoms with E-state index in [0.29, 0.717) is 22.1 Å². The molecule has 3 aromatic rings. The zero-order valence-corrected chi connectivity index (χ0v) is 16.6. The lowest BCUT2D eigenvalue weighted by Crippen LogP contribution is -2.35. The monoisotopic (exact) mass is 452 g/mol. The van der Waals surface area contributed by atoms with Crippen LogP contribution in [0.5, 0.6) is 5.75 Å². The summed E-state index contributed by atoms with van der Waals surface area (Å²) < 4.78 is 74.1. The minimum atomic E-state index is -4.63. The van der Waals surface area contributed by atoms with Crippen LogP contribution in [-0.4, -0.2) is 29.0 Å². The van der Waals surface area contributed by atoms with Crippen LogP contribution < -0.4 is 15.4 Å². The fraction of sp³-hybridized carbons (Fsp3) is 0.238. The number of hydrogen-bond acceptors (Lipinski definition) is 4. The van der Waals surface area contributed by atoms with Crippen molar-refractivity contribution in [2.45, 2.75) is 24.7 Å². The van der Waals surface area contributed by atoms with E-state index in [0.717, 1.165) is 18.2 Å². The van der Waals surface area contributed by atoms with Crippen molar-refractivity contribution < 1.29 is 31.5 Å². The first kappa shape index (κ1) is 21.6. The molecule has 0 unspecified atom stereocenters. The van der Waals surface area contributed by atoms with Crippen LogP contribution in [0.15, 0.2) is 48.5 Å². The average Bonchev–Trinajstić information content (AvgIpc) is 3.18. The Kier molecular flexibility index (Phi) is 5.49. The number of nitrogens with zero attached hydrogens (tertiary/aromatic N) is 2. The standard InChI is InChI=1S/C21H17F5N4O2/c1-32-13-4-2-3-11(7-13)16-9-18(21(24,25)26)30-19(27-16)10-17(29-30)20(31)28-15-6-5-12(22)8-14(15)23/h2-8,10,16,18,27H,9H2,1H3,(H,28,31)/t16-,18+/m0/s1. The summed E-state index contributed by atoms with van der Waals surface area (Å²) in [5.74, 6) is -2.31. The van der Waals surface area contributed by atoms with Gasteiger partial charge in [0.05, 0.1) is 18.8 Å². The van der Waals surface area contributed by atoms with E-state index in [9.17, 15) is 26.7 Å². The van der Waals surface area contributed by atoms with Crippen molar-refractivity contribution in [2.24, 2.45) is 0 Å². The molecule has 2 atom stereocenters. The van der Waals surface area contributed by atoms with E-state index in [-0.39, 0.29) is 23.6 Å². The number of rotatable bonds is 4. The van der Waals surface area contributed by atoms with Gasteiger partial charge in [0.15, 0.2) is 11.7 Å². The number of methoxy groups -OCH3 is 1. The third kappa shape index (κ3) is 4.23. The molecule has 0 bridgehead atoms. The molecule has 0 spiro atoms. The molecular formula is C21H17F5N4O2. The second-order valence-corrected chi connectivity index (χ2v) is 7.20. The summed E-state index contributed by atoms with van der Waals surface area (Å²) in [6.45, 7) is 0. The molecule has 1 amide bonds. The molecule has 2 heterocycles. The lowest BCUT2D eigenvalue weighted by atomic mass is 9.97. The summed E-state index contributed by atoms with van der Waals surface area (Å²) in [5, 5.41) is 8.96. The van der Waals surface area contributed by atoms with Crippen molar-refractivity contribution in [3.05, 3.63) is 71.4 Å². The molecule has 1 aliphatic rings. The normalized spacial score (nSPS) is 17.9. The zero-order valence-electron chi connectivity index (χ0n) is 16.6. The minimum absolute atomic E-state index is 0.0175. The lowest BCUT2D eigenvalue weighted by molar-refractivity contribution is -0.173. The Labute approximate surface area is 179 Å². The predicted molar refractivity (Wildman–Crippen MR) is 106 cm³/mol. The van der Waals surface area contributed by atoms with Crippen molar-refractivity contribution in [1.82, 2.24) is 9.78 Å². The molecule has 1 aliphatic heterocycles. The molecule has 0 aliphatic carbocycles. The third-order valence-electron chi connectivity index (χ3n) is 5.10. The molecule has 0 fully saturated rings. The number of benzene rings is 2. The van der Waals surface area contributed by atoms with Gasteiger partial charge < -0.3 is 15.4 Å². The highest BCUT2D eigenvalue weighted by Crippen LogP contribution is 2.44. The smallest absolute Gasteiger partial charge is 0.410 e. The molecule has 2 N–H and O–H groups in total. The lowest BCUT2D eigenvalue weighted by Gasteiger charge is -2.33. The summed E-state index contributed by atoms with van der Waals surface area (Å²) in [6.07, 6.45) is -4.99. The molecule has 0 saturated heterocycles. The molecule has 1 aromatic heterocycles. The van der Waals surface area contributed by atoms with Gasteiger partial charge in [-0.3, -0.25) is 4.79 Å². The minimum Gasteiger partial charge on any atom is -0.497 e. The van der Waals surface area contributed by atoms with Gasteiger partial charge in [-0.2, -0.15) is 18.3 Å². The van der Waals surface area contributed by atoms with Gasteiger partial charge in [-0.25, -0.2) is 13.5 Å². The first-order valence-electron chi connectivity index (χ1n) is 9.49. The van der Waals surface area contributed by atoms with E-state index < -0.39 is 35.8 Å². The second-order valence-electron chi connectivity index (χ2n) is 7.20. The summed E-state index contributed by atoms with van der Waals surface area (Å²) in [7, 11) is 1.45. The van der Waals surface area contributed by atoms with Gasteiger partial charge in [0.25, 0.3) is 5.91 Å². The van der Waals surface area contributed by atoms with E-state index in [2.05, 4.69) is 15.7 Å². The number of halogens is 5. The van der Waals surface area contributed by atoms with Gasteiger partial charge in [0.1, 0.15) is 23.2 Å². The highest BCUT2D eigenvalue weighted by molar-refractivity contribution is 6.03. The van der Waals surface area contributed by atoms with Gasteiger partial charge in [-0.1, -0.05) is 12.1 Å². The average molecular weight is 452 g/mol. The Morgan fingerprint density at radius 2 is 1.97 bits per heavy atom. The number of aromatic nitrogens is 2.